The van der Waals surface area contributed by atoms with Gasteiger partial charge in [0.15, 0.2) is 0 Å². The quantitative estimate of drug-likeness (QED) is 0.359. The molecule has 0 radical (unpaired) electrons. The summed E-state index contributed by atoms with van der Waals surface area (Å²) < 4.78 is 7.49. The van der Waals surface area contributed by atoms with Crippen LogP contribution in [0.2, 0.25) is 0 Å². The number of hydrogen-bond acceptors (Lipinski definition) is 3. The zero-order valence-corrected chi connectivity index (χ0v) is 15.8. The molecule has 1 aromatic heterocycles. The fourth-order valence-electron chi connectivity index (χ4n) is 3.15. The van der Waals surface area contributed by atoms with Gasteiger partial charge in [-0.3, -0.25) is 0 Å². The Labute approximate surface area is 164 Å². The molecule has 0 atom stereocenters. The van der Waals surface area contributed by atoms with E-state index in [0.29, 0.717) is 17.0 Å². The van der Waals surface area contributed by atoms with E-state index in [2.05, 4.69) is 5.10 Å². The SMILES string of the molecule is Cc1cccc(C)c1OC(=O)c1cn(-c2ccccc2)nc1-c1ccccc1. The Morgan fingerprint density at radius 1 is 0.821 bits per heavy atom. The van der Waals surface area contributed by atoms with Crippen LogP contribution >= 0.6 is 0 Å². The molecule has 4 heteroatoms. The number of para-hydroxylation sites is 2. The Hall–Kier alpha value is -3.66. The highest BCUT2D eigenvalue weighted by Crippen LogP contribution is 2.27. The Morgan fingerprint density at radius 2 is 1.43 bits per heavy atom. The average molecular weight is 368 g/mol. The van der Waals surface area contributed by atoms with Crippen LogP contribution in [-0.2, 0) is 0 Å². The molecular weight excluding hydrogens is 348 g/mol. The highest BCUT2D eigenvalue weighted by Gasteiger charge is 2.21. The maximum absolute atomic E-state index is 13.1. The van der Waals surface area contributed by atoms with Crippen molar-refractivity contribution in [3.05, 3.63) is 102 Å². The molecule has 0 saturated carbocycles. The fraction of sp³-hybridized carbons (Fsp3) is 0.0833. The van der Waals surface area contributed by atoms with Crippen molar-refractivity contribution in [2.24, 2.45) is 0 Å². The van der Waals surface area contributed by atoms with Gasteiger partial charge in [-0.05, 0) is 37.1 Å². The number of hydrogen-bond donors (Lipinski definition) is 0. The molecular formula is C24H20N2O2. The van der Waals surface area contributed by atoms with Crippen LogP contribution in [0.4, 0.5) is 0 Å². The second-order valence-electron chi connectivity index (χ2n) is 6.65. The molecule has 3 aromatic carbocycles. The Balaban J connectivity index is 1.79. The summed E-state index contributed by atoms with van der Waals surface area (Å²) >= 11 is 0. The van der Waals surface area contributed by atoms with Crippen molar-refractivity contribution in [3.63, 3.8) is 0 Å². The van der Waals surface area contributed by atoms with E-state index in [1.54, 1.807) is 10.9 Å². The van der Waals surface area contributed by atoms with Crippen LogP contribution in [-0.4, -0.2) is 15.7 Å². The van der Waals surface area contributed by atoms with Crippen LogP contribution < -0.4 is 4.74 Å². The standard InChI is InChI=1S/C24H20N2O2/c1-17-10-9-11-18(2)23(17)28-24(27)21-16-26(20-14-7-4-8-15-20)25-22(21)19-12-5-3-6-13-19/h3-16H,1-2H3. The van der Waals surface area contributed by atoms with Crippen LogP contribution in [0.25, 0.3) is 16.9 Å². The third-order valence-electron chi connectivity index (χ3n) is 4.61. The smallest absolute Gasteiger partial charge is 0.347 e. The molecule has 0 aliphatic heterocycles. The molecule has 138 valence electrons. The minimum absolute atomic E-state index is 0.418. The zero-order valence-electron chi connectivity index (χ0n) is 15.8. The summed E-state index contributed by atoms with van der Waals surface area (Å²) in [6.07, 6.45) is 1.73. The Bertz CT molecular complexity index is 1100. The number of ether oxygens (including phenoxy) is 1. The van der Waals surface area contributed by atoms with E-state index in [1.165, 1.54) is 0 Å². The maximum Gasteiger partial charge on any atom is 0.347 e. The van der Waals surface area contributed by atoms with E-state index in [4.69, 9.17) is 4.74 Å². The first-order chi connectivity index (χ1) is 13.6. The van der Waals surface area contributed by atoms with Crippen molar-refractivity contribution >= 4 is 5.97 Å². The lowest BCUT2D eigenvalue weighted by Gasteiger charge is -2.10. The number of esters is 1. The van der Waals surface area contributed by atoms with Crippen molar-refractivity contribution < 1.29 is 9.53 Å². The Morgan fingerprint density at radius 3 is 2.07 bits per heavy atom. The first-order valence-electron chi connectivity index (χ1n) is 9.12. The molecule has 4 nitrogen and oxygen atoms in total. The minimum atomic E-state index is -0.418. The number of aryl methyl sites for hydroxylation is 2. The van der Waals surface area contributed by atoms with Gasteiger partial charge in [-0.15, -0.1) is 0 Å². The summed E-state index contributed by atoms with van der Waals surface area (Å²) in [5.74, 6) is 0.178. The normalized spacial score (nSPS) is 10.6. The predicted octanol–water partition coefficient (Wildman–Crippen LogP) is 5.38. The number of carbonyl (C=O) groups excluding carboxylic acids is 1. The molecule has 0 aliphatic carbocycles. The topological polar surface area (TPSA) is 44.1 Å². The van der Waals surface area contributed by atoms with Crippen molar-refractivity contribution in [2.75, 3.05) is 0 Å². The lowest BCUT2D eigenvalue weighted by molar-refractivity contribution is 0.0733. The molecule has 0 unspecified atom stereocenters. The molecule has 28 heavy (non-hydrogen) atoms. The van der Waals surface area contributed by atoms with Crippen LogP contribution in [0.15, 0.2) is 85.1 Å². The van der Waals surface area contributed by atoms with Crippen molar-refractivity contribution in [1.29, 1.82) is 0 Å². The van der Waals surface area contributed by atoms with Crippen molar-refractivity contribution in [2.45, 2.75) is 13.8 Å². The molecule has 0 bridgehead atoms. The predicted molar refractivity (Wildman–Crippen MR) is 110 cm³/mol. The van der Waals surface area contributed by atoms with Crippen LogP contribution in [0, 0.1) is 13.8 Å². The molecule has 4 rings (SSSR count). The number of rotatable bonds is 4. The summed E-state index contributed by atoms with van der Waals surface area (Å²) in [6.45, 7) is 3.86. The summed E-state index contributed by atoms with van der Waals surface area (Å²) in [6, 6.07) is 25.2. The highest BCUT2D eigenvalue weighted by molar-refractivity contribution is 5.97. The van der Waals surface area contributed by atoms with Gasteiger partial charge in [0, 0.05) is 11.8 Å². The van der Waals surface area contributed by atoms with Gasteiger partial charge in [0.1, 0.15) is 17.0 Å². The number of nitrogens with zero attached hydrogens (tertiary/aromatic N) is 2. The summed E-state index contributed by atoms with van der Waals surface area (Å²) in [5, 5.41) is 4.67. The summed E-state index contributed by atoms with van der Waals surface area (Å²) in [5.41, 5.74) is 4.62. The number of carbonyl (C=O) groups is 1. The first kappa shape index (κ1) is 17.7. The third-order valence-corrected chi connectivity index (χ3v) is 4.61. The number of aromatic nitrogens is 2. The van der Waals surface area contributed by atoms with E-state index in [-0.39, 0.29) is 0 Å². The van der Waals surface area contributed by atoms with Gasteiger partial charge in [-0.1, -0.05) is 66.7 Å². The van der Waals surface area contributed by atoms with E-state index in [0.717, 1.165) is 22.4 Å². The summed E-state index contributed by atoms with van der Waals surface area (Å²) in [4.78, 5) is 13.1. The van der Waals surface area contributed by atoms with Gasteiger partial charge in [0.25, 0.3) is 0 Å². The van der Waals surface area contributed by atoms with Crippen LogP contribution in [0.1, 0.15) is 21.5 Å². The summed E-state index contributed by atoms with van der Waals surface area (Å²) in [7, 11) is 0. The van der Waals surface area contributed by atoms with Gasteiger partial charge in [-0.2, -0.15) is 5.10 Å². The Kier molecular flexibility index (Phi) is 4.77. The van der Waals surface area contributed by atoms with E-state index in [9.17, 15) is 4.79 Å². The molecule has 4 aromatic rings. The average Bonchev–Trinajstić information content (AvgIpc) is 3.18. The third kappa shape index (κ3) is 3.45. The zero-order chi connectivity index (χ0) is 19.5. The molecule has 0 amide bonds. The molecule has 0 spiro atoms. The monoisotopic (exact) mass is 368 g/mol. The second-order valence-corrected chi connectivity index (χ2v) is 6.65. The van der Waals surface area contributed by atoms with Gasteiger partial charge < -0.3 is 4.74 Å². The second kappa shape index (κ2) is 7.53. The molecule has 0 saturated heterocycles. The lowest BCUT2D eigenvalue weighted by atomic mass is 10.1. The van der Waals surface area contributed by atoms with Crippen LogP contribution in [0.3, 0.4) is 0 Å². The van der Waals surface area contributed by atoms with E-state index in [1.807, 2.05) is 92.7 Å². The van der Waals surface area contributed by atoms with Gasteiger partial charge in [0.2, 0.25) is 0 Å². The largest absolute Gasteiger partial charge is 0.422 e. The van der Waals surface area contributed by atoms with E-state index >= 15 is 0 Å². The minimum Gasteiger partial charge on any atom is -0.422 e. The van der Waals surface area contributed by atoms with Gasteiger partial charge in [-0.25, -0.2) is 9.48 Å². The molecule has 0 fully saturated rings. The molecule has 0 N–H and O–H groups in total. The molecule has 0 aliphatic rings. The number of benzene rings is 3. The first-order valence-corrected chi connectivity index (χ1v) is 9.12. The van der Waals surface area contributed by atoms with Crippen molar-refractivity contribution in [3.8, 4) is 22.7 Å². The molecule has 1 heterocycles. The highest BCUT2D eigenvalue weighted by atomic mass is 16.5. The van der Waals surface area contributed by atoms with Gasteiger partial charge in [0.05, 0.1) is 5.69 Å². The van der Waals surface area contributed by atoms with E-state index < -0.39 is 5.97 Å². The van der Waals surface area contributed by atoms with Crippen LogP contribution in [0.5, 0.6) is 5.75 Å². The lowest BCUT2D eigenvalue weighted by Crippen LogP contribution is -2.10. The van der Waals surface area contributed by atoms with Crippen molar-refractivity contribution in [1.82, 2.24) is 9.78 Å². The fourth-order valence-corrected chi connectivity index (χ4v) is 3.15. The maximum atomic E-state index is 13.1. The van der Waals surface area contributed by atoms with Gasteiger partial charge >= 0.3 is 5.97 Å².